The van der Waals surface area contributed by atoms with Gasteiger partial charge in [0.05, 0.1) is 5.75 Å². The Hall–Kier alpha value is -1.41. The summed E-state index contributed by atoms with van der Waals surface area (Å²) in [6, 6.07) is 0. The van der Waals surface area contributed by atoms with Crippen molar-refractivity contribution < 1.29 is 8.42 Å². The van der Waals surface area contributed by atoms with Crippen LogP contribution < -0.4 is 15.4 Å². The first kappa shape index (κ1) is 17.6. The summed E-state index contributed by atoms with van der Waals surface area (Å²) in [5, 5.41) is 6.32. The highest BCUT2D eigenvalue weighted by molar-refractivity contribution is 7.89. The van der Waals surface area contributed by atoms with E-state index in [0.717, 1.165) is 24.3 Å². The number of anilines is 2. The van der Waals surface area contributed by atoms with E-state index < -0.39 is 10.0 Å². The Kier molecular flexibility index (Phi) is 6.83. The van der Waals surface area contributed by atoms with Crippen molar-refractivity contribution in [2.75, 3.05) is 36.0 Å². The first-order chi connectivity index (χ1) is 9.89. The summed E-state index contributed by atoms with van der Waals surface area (Å²) in [7, 11) is -3.22. The van der Waals surface area contributed by atoms with Crippen molar-refractivity contribution in [3.63, 3.8) is 0 Å². The number of rotatable bonds is 9. The SMILES string of the molecule is CCCNc1nc(C)nc(NCCS(=O)(=O)NCC)c1C. The quantitative estimate of drug-likeness (QED) is 0.635. The van der Waals surface area contributed by atoms with Crippen molar-refractivity contribution in [3.8, 4) is 0 Å². The minimum absolute atomic E-state index is 0.0149. The fraction of sp³-hybridized carbons (Fsp3) is 0.692. The molecule has 0 aromatic carbocycles. The van der Waals surface area contributed by atoms with Crippen LogP contribution in [0.15, 0.2) is 0 Å². The van der Waals surface area contributed by atoms with E-state index in [4.69, 9.17) is 0 Å². The largest absolute Gasteiger partial charge is 0.370 e. The van der Waals surface area contributed by atoms with Gasteiger partial charge in [0.25, 0.3) is 0 Å². The molecule has 120 valence electrons. The van der Waals surface area contributed by atoms with Crippen LogP contribution in [-0.4, -0.2) is 43.8 Å². The number of aryl methyl sites for hydroxylation is 1. The Morgan fingerprint density at radius 1 is 1.00 bits per heavy atom. The topological polar surface area (TPSA) is 96.0 Å². The summed E-state index contributed by atoms with van der Waals surface area (Å²) >= 11 is 0. The molecule has 0 amide bonds. The molecule has 0 atom stereocenters. The van der Waals surface area contributed by atoms with Crippen molar-refractivity contribution >= 4 is 21.7 Å². The lowest BCUT2D eigenvalue weighted by atomic mass is 10.3. The van der Waals surface area contributed by atoms with Crippen LogP contribution in [0.4, 0.5) is 11.6 Å². The molecule has 1 rings (SSSR count). The zero-order chi connectivity index (χ0) is 15.9. The van der Waals surface area contributed by atoms with E-state index >= 15 is 0 Å². The van der Waals surface area contributed by atoms with Crippen LogP contribution in [-0.2, 0) is 10.0 Å². The minimum atomic E-state index is -3.22. The van der Waals surface area contributed by atoms with Gasteiger partial charge < -0.3 is 10.6 Å². The maximum Gasteiger partial charge on any atom is 0.213 e. The monoisotopic (exact) mass is 315 g/mol. The van der Waals surface area contributed by atoms with Gasteiger partial charge >= 0.3 is 0 Å². The standard InChI is InChI=1S/C13H25N5O2S/c1-5-7-14-12-10(3)13(18-11(4)17-12)15-8-9-21(19,20)16-6-2/h16H,5-9H2,1-4H3,(H2,14,15,17,18). The minimum Gasteiger partial charge on any atom is -0.370 e. The van der Waals surface area contributed by atoms with Gasteiger partial charge in [-0.1, -0.05) is 13.8 Å². The van der Waals surface area contributed by atoms with Gasteiger partial charge in [0.2, 0.25) is 10.0 Å². The fourth-order valence-corrected chi connectivity index (χ4v) is 2.77. The Labute approximate surface area is 127 Å². The number of hydrogen-bond acceptors (Lipinski definition) is 6. The number of nitrogens with zero attached hydrogens (tertiary/aromatic N) is 2. The number of sulfonamides is 1. The molecule has 0 saturated carbocycles. The third kappa shape index (κ3) is 5.84. The summed E-state index contributed by atoms with van der Waals surface area (Å²) < 4.78 is 25.6. The molecule has 0 fully saturated rings. The molecule has 0 aliphatic rings. The Morgan fingerprint density at radius 3 is 2.10 bits per heavy atom. The highest BCUT2D eigenvalue weighted by atomic mass is 32.2. The van der Waals surface area contributed by atoms with Crippen LogP contribution in [0.1, 0.15) is 31.7 Å². The van der Waals surface area contributed by atoms with E-state index in [2.05, 4.69) is 32.2 Å². The summed E-state index contributed by atoms with van der Waals surface area (Å²) in [5.41, 5.74) is 0.898. The van der Waals surface area contributed by atoms with Gasteiger partial charge in [-0.25, -0.2) is 23.1 Å². The van der Waals surface area contributed by atoms with Crippen molar-refractivity contribution in [2.45, 2.75) is 34.1 Å². The van der Waals surface area contributed by atoms with E-state index in [-0.39, 0.29) is 5.75 Å². The number of aromatic nitrogens is 2. The summed E-state index contributed by atoms with van der Waals surface area (Å²) in [5.74, 6) is 2.13. The third-order valence-electron chi connectivity index (χ3n) is 2.83. The molecule has 7 nitrogen and oxygen atoms in total. The summed E-state index contributed by atoms with van der Waals surface area (Å²) in [6.45, 7) is 9.12. The van der Waals surface area contributed by atoms with Crippen LogP contribution in [0.3, 0.4) is 0 Å². The lowest BCUT2D eigenvalue weighted by Crippen LogP contribution is -2.29. The molecular weight excluding hydrogens is 290 g/mol. The average molecular weight is 315 g/mol. The molecule has 8 heteroatoms. The van der Waals surface area contributed by atoms with Gasteiger partial charge in [-0.15, -0.1) is 0 Å². The second-order valence-corrected chi connectivity index (χ2v) is 6.69. The third-order valence-corrected chi connectivity index (χ3v) is 4.30. The molecule has 0 saturated heterocycles. The van der Waals surface area contributed by atoms with Gasteiger partial charge in [0.15, 0.2) is 0 Å². The fourth-order valence-electron chi connectivity index (χ4n) is 1.81. The highest BCUT2D eigenvalue weighted by Crippen LogP contribution is 2.19. The van der Waals surface area contributed by atoms with Crippen LogP contribution in [0.5, 0.6) is 0 Å². The molecule has 3 N–H and O–H groups in total. The van der Waals surface area contributed by atoms with Crippen molar-refractivity contribution in [1.82, 2.24) is 14.7 Å². The highest BCUT2D eigenvalue weighted by Gasteiger charge is 2.11. The normalized spacial score (nSPS) is 11.4. The lowest BCUT2D eigenvalue weighted by Gasteiger charge is -2.14. The zero-order valence-electron chi connectivity index (χ0n) is 13.2. The molecule has 1 heterocycles. The smallest absolute Gasteiger partial charge is 0.213 e. The van der Waals surface area contributed by atoms with Crippen LogP contribution >= 0.6 is 0 Å². The molecule has 0 radical (unpaired) electrons. The molecule has 0 aliphatic carbocycles. The summed E-state index contributed by atoms with van der Waals surface area (Å²) in [4.78, 5) is 8.69. The molecule has 0 bridgehead atoms. The van der Waals surface area contributed by atoms with Crippen molar-refractivity contribution in [1.29, 1.82) is 0 Å². The number of nitrogens with one attached hydrogen (secondary N) is 3. The maximum absolute atomic E-state index is 11.6. The van der Waals surface area contributed by atoms with Crippen LogP contribution in [0.25, 0.3) is 0 Å². The van der Waals surface area contributed by atoms with Crippen molar-refractivity contribution in [3.05, 3.63) is 11.4 Å². The van der Waals surface area contributed by atoms with E-state index in [9.17, 15) is 8.42 Å². The van der Waals surface area contributed by atoms with E-state index in [1.807, 2.05) is 13.8 Å². The van der Waals surface area contributed by atoms with Crippen LogP contribution in [0, 0.1) is 13.8 Å². The van der Waals surface area contributed by atoms with Crippen molar-refractivity contribution in [2.24, 2.45) is 0 Å². The molecule has 0 spiro atoms. The predicted molar refractivity (Wildman–Crippen MR) is 86.2 cm³/mol. The molecular formula is C13H25N5O2S. The molecule has 0 aliphatic heterocycles. The maximum atomic E-state index is 11.6. The molecule has 21 heavy (non-hydrogen) atoms. The average Bonchev–Trinajstić information content (AvgIpc) is 2.40. The Morgan fingerprint density at radius 2 is 1.57 bits per heavy atom. The second kappa shape index (κ2) is 8.14. The van der Waals surface area contributed by atoms with Gasteiger partial charge in [0, 0.05) is 25.2 Å². The first-order valence-corrected chi connectivity index (χ1v) is 8.85. The van der Waals surface area contributed by atoms with Gasteiger partial charge in [-0.05, 0) is 20.3 Å². The molecule has 1 aromatic heterocycles. The van der Waals surface area contributed by atoms with E-state index in [1.54, 1.807) is 6.92 Å². The van der Waals surface area contributed by atoms with Gasteiger partial charge in [-0.2, -0.15) is 0 Å². The van der Waals surface area contributed by atoms with Gasteiger partial charge in [-0.3, -0.25) is 0 Å². The Balaban J connectivity index is 2.73. The zero-order valence-corrected chi connectivity index (χ0v) is 14.0. The predicted octanol–water partition coefficient (Wildman–Crippen LogP) is 1.27. The number of hydrogen-bond donors (Lipinski definition) is 3. The van der Waals surface area contributed by atoms with E-state index in [1.165, 1.54) is 0 Å². The first-order valence-electron chi connectivity index (χ1n) is 7.20. The summed E-state index contributed by atoms with van der Waals surface area (Å²) in [6.07, 6.45) is 1.01. The molecule has 0 unspecified atom stereocenters. The van der Waals surface area contributed by atoms with Crippen LogP contribution in [0.2, 0.25) is 0 Å². The molecule has 1 aromatic rings. The Bertz CT molecular complexity index is 560. The second-order valence-electron chi connectivity index (χ2n) is 4.76. The lowest BCUT2D eigenvalue weighted by molar-refractivity contribution is 0.584. The van der Waals surface area contributed by atoms with E-state index in [0.29, 0.717) is 24.7 Å². The van der Waals surface area contributed by atoms with Gasteiger partial charge in [0.1, 0.15) is 17.5 Å².